The Balaban J connectivity index is 1.85. The summed E-state index contributed by atoms with van der Waals surface area (Å²) in [6, 6.07) is 8.25. The maximum atomic E-state index is 12.6. The quantitative estimate of drug-likeness (QED) is 0.898. The number of hydrogen-bond donors (Lipinski definition) is 1. The molecule has 25 heavy (non-hydrogen) atoms. The molecule has 1 aliphatic rings. The van der Waals surface area contributed by atoms with Gasteiger partial charge in [0.1, 0.15) is 12.4 Å². The van der Waals surface area contributed by atoms with E-state index in [1.54, 1.807) is 6.07 Å². The van der Waals surface area contributed by atoms with Crippen molar-refractivity contribution in [2.45, 2.75) is 11.1 Å². The first-order chi connectivity index (χ1) is 11.7. The molecule has 0 saturated carbocycles. The third kappa shape index (κ3) is 3.65. The third-order valence-electron chi connectivity index (χ3n) is 3.80. The molecule has 0 aromatic heterocycles. The topological polar surface area (TPSA) is 58.6 Å². The van der Waals surface area contributed by atoms with Crippen LogP contribution in [0.1, 0.15) is 5.56 Å². The van der Waals surface area contributed by atoms with E-state index in [1.165, 1.54) is 12.1 Å². The Labute approximate surface area is 143 Å². The smallest absolute Gasteiger partial charge is 0.416 e. The van der Waals surface area contributed by atoms with E-state index in [0.717, 1.165) is 30.0 Å². The molecule has 134 valence electrons. The monoisotopic (exact) mass is 372 g/mol. The van der Waals surface area contributed by atoms with Crippen molar-refractivity contribution in [2.75, 3.05) is 29.8 Å². The Morgan fingerprint density at radius 1 is 1.12 bits per heavy atom. The number of hydrogen-bond acceptors (Lipinski definition) is 4. The van der Waals surface area contributed by atoms with Gasteiger partial charge in [-0.1, -0.05) is 0 Å². The van der Waals surface area contributed by atoms with E-state index in [4.69, 9.17) is 4.74 Å². The first-order valence-electron chi connectivity index (χ1n) is 7.35. The lowest BCUT2D eigenvalue weighted by Gasteiger charge is -2.27. The van der Waals surface area contributed by atoms with Crippen LogP contribution in [0.3, 0.4) is 0 Å². The van der Waals surface area contributed by atoms with Crippen molar-refractivity contribution < 1.29 is 26.3 Å². The highest BCUT2D eigenvalue weighted by Gasteiger charge is 2.30. The zero-order valence-corrected chi connectivity index (χ0v) is 14.0. The SMILES string of the molecule is CN1CCOc2cc(S(=O)(=O)Nc3ccc(C(F)(F)F)cc3)ccc21. The number of rotatable bonds is 3. The van der Waals surface area contributed by atoms with E-state index >= 15 is 0 Å². The fourth-order valence-corrected chi connectivity index (χ4v) is 3.52. The van der Waals surface area contributed by atoms with Gasteiger partial charge >= 0.3 is 6.18 Å². The van der Waals surface area contributed by atoms with E-state index in [0.29, 0.717) is 18.9 Å². The fraction of sp³-hybridized carbons (Fsp3) is 0.250. The summed E-state index contributed by atoms with van der Waals surface area (Å²) in [5.74, 6) is 0.448. The minimum atomic E-state index is -4.47. The highest BCUT2D eigenvalue weighted by atomic mass is 32.2. The summed E-state index contributed by atoms with van der Waals surface area (Å²) in [7, 11) is -2.07. The molecule has 2 aromatic carbocycles. The number of fused-ring (bicyclic) bond motifs is 1. The lowest BCUT2D eigenvalue weighted by molar-refractivity contribution is -0.137. The van der Waals surface area contributed by atoms with Crippen LogP contribution in [0, 0.1) is 0 Å². The summed E-state index contributed by atoms with van der Waals surface area (Å²) in [5.41, 5.74) is -0.0239. The van der Waals surface area contributed by atoms with E-state index in [9.17, 15) is 21.6 Å². The molecule has 1 heterocycles. The minimum absolute atomic E-state index is 0.0264. The van der Waals surface area contributed by atoms with Crippen molar-refractivity contribution in [3.63, 3.8) is 0 Å². The first kappa shape index (κ1) is 17.4. The maximum Gasteiger partial charge on any atom is 0.416 e. The van der Waals surface area contributed by atoms with Crippen LogP contribution in [0.15, 0.2) is 47.4 Å². The predicted molar refractivity (Wildman–Crippen MR) is 87.5 cm³/mol. The molecular weight excluding hydrogens is 357 g/mol. The Kier molecular flexibility index (Phi) is 4.28. The Morgan fingerprint density at radius 2 is 1.80 bits per heavy atom. The van der Waals surface area contributed by atoms with Gasteiger partial charge in [-0.15, -0.1) is 0 Å². The molecule has 0 radical (unpaired) electrons. The van der Waals surface area contributed by atoms with Crippen LogP contribution < -0.4 is 14.4 Å². The largest absolute Gasteiger partial charge is 0.490 e. The molecule has 0 amide bonds. The average Bonchev–Trinajstić information content (AvgIpc) is 2.54. The Morgan fingerprint density at radius 3 is 2.44 bits per heavy atom. The first-order valence-corrected chi connectivity index (χ1v) is 8.83. The fourth-order valence-electron chi connectivity index (χ4n) is 2.45. The normalized spacial score (nSPS) is 14.6. The van der Waals surface area contributed by atoms with E-state index in [1.807, 2.05) is 11.9 Å². The van der Waals surface area contributed by atoms with Crippen LogP contribution in [0.4, 0.5) is 24.5 Å². The maximum absolute atomic E-state index is 12.6. The number of benzene rings is 2. The molecule has 5 nitrogen and oxygen atoms in total. The third-order valence-corrected chi connectivity index (χ3v) is 5.18. The molecule has 0 fully saturated rings. The van der Waals surface area contributed by atoms with Crippen LogP contribution in [-0.4, -0.2) is 28.6 Å². The lowest BCUT2D eigenvalue weighted by Crippen LogP contribution is -2.29. The van der Waals surface area contributed by atoms with Crippen molar-refractivity contribution in [2.24, 2.45) is 0 Å². The van der Waals surface area contributed by atoms with E-state index < -0.39 is 21.8 Å². The van der Waals surface area contributed by atoms with Gasteiger partial charge < -0.3 is 9.64 Å². The number of alkyl halides is 3. The van der Waals surface area contributed by atoms with Gasteiger partial charge in [-0.05, 0) is 36.4 Å². The molecule has 0 unspecified atom stereocenters. The van der Waals surface area contributed by atoms with Gasteiger partial charge in [-0.25, -0.2) is 8.42 Å². The lowest BCUT2D eigenvalue weighted by atomic mass is 10.2. The van der Waals surface area contributed by atoms with Crippen molar-refractivity contribution in [1.29, 1.82) is 0 Å². The van der Waals surface area contributed by atoms with Gasteiger partial charge in [0.05, 0.1) is 22.7 Å². The number of sulfonamides is 1. The summed E-state index contributed by atoms with van der Waals surface area (Å²) >= 11 is 0. The summed E-state index contributed by atoms with van der Waals surface area (Å²) < 4.78 is 70.3. The molecule has 1 N–H and O–H groups in total. The Hall–Kier alpha value is -2.42. The van der Waals surface area contributed by atoms with Gasteiger partial charge in [-0.3, -0.25) is 4.72 Å². The summed E-state index contributed by atoms with van der Waals surface area (Å²) in [4.78, 5) is 1.92. The molecule has 0 spiro atoms. The number of nitrogens with zero attached hydrogens (tertiary/aromatic N) is 1. The van der Waals surface area contributed by atoms with Crippen LogP contribution >= 0.6 is 0 Å². The van der Waals surface area contributed by atoms with Crippen molar-refractivity contribution in [3.05, 3.63) is 48.0 Å². The van der Waals surface area contributed by atoms with Gasteiger partial charge in [0, 0.05) is 18.8 Å². The molecule has 0 aliphatic carbocycles. The number of anilines is 2. The van der Waals surface area contributed by atoms with Gasteiger partial charge in [0.2, 0.25) is 0 Å². The summed E-state index contributed by atoms with van der Waals surface area (Å²) in [5, 5.41) is 0. The zero-order valence-electron chi connectivity index (χ0n) is 13.2. The predicted octanol–water partition coefficient (Wildman–Crippen LogP) is 3.33. The molecule has 3 rings (SSSR count). The molecule has 9 heteroatoms. The van der Waals surface area contributed by atoms with Crippen LogP contribution in [0.25, 0.3) is 0 Å². The highest BCUT2D eigenvalue weighted by Crippen LogP contribution is 2.34. The minimum Gasteiger partial charge on any atom is -0.490 e. The van der Waals surface area contributed by atoms with Gasteiger partial charge in [0.25, 0.3) is 10.0 Å². The Bertz CT molecular complexity index is 880. The standard InChI is InChI=1S/C16H15F3N2O3S/c1-21-8-9-24-15-10-13(6-7-14(15)21)25(22,23)20-12-4-2-11(3-5-12)16(17,18)19/h2-7,10,20H,8-9H2,1H3. The zero-order chi connectivity index (χ0) is 18.2. The van der Waals surface area contributed by atoms with Crippen LogP contribution in [0.2, 0.25) is 0 Å². The second kappa shape index (κ2) is 6.14. The molecule has 0 saturated heterocycles. The van der Waals surface area contributed by atoms with Crippen molar-refractivity contribution >= 4 is 21.4 Å². The average molecular weight is 372 g/mol. The number of likely N-dealkylation sites (N-methyl/N-ethyl adjacent to an activating group) is 1. The van der Waals surface area contributed by atoms with Crippen molar-refractivity contribution in [3.8, 4) is 5.75 Å². The molecule has 0 bridgehead atoms. The van der Waals surface area contributed by atoms with Crippen molar-refractivity contribution in [1.82, 2.24) is 0 Å². The second-order valence-corrected chi connectivity index (χ2v) is 7.26. The molecule has 2 aromatic rings. The molecule has 0 atom stereocenters. The van der Waals surface area contributed by atoms with Gasteiger partial charge in [0.15, 0.2) is 0 Å². The second-order valence-electron chi connectivity index (χ2n) is 5.58. The van der Waals surface area contributed by atoms with Gasteiger partial charge in [-0.2, -0.15) is 13.2 Å². The van der Waals surface area contributed by atoms with Crippen LogP contribution in [-0.2, 0) is 16.2 Å². The van der Waals surface area contributed by atoms with E-state index in [-0.39, 0.29) is 10.6 Å². The summed E-state index contributed by atoms with van der Waals surface area (Å²) in [6.45, 7) is 1.14. The number of halogens is 3. The molecular formula is C16H15F3N2O3S. The van der Waals surface area contributed by atoms with E-state index in [2.05, 4.69) is 4.72 Å². The highest BCUT2D eigenvalue weighted by molar-refractivity contribution is 7.92. The van der Waals surface area contributed by atoms with Crippen LogP contribution in [0.5, 0.6) is 5.75 Å². The number of ether oxygens (including phenoxy) is 1. The number of nitrogens with one attached hydrogen (secondary N) is 1. The summed E-state index contributed by atoms with van der Waals surface area (Å²) in [6.07, 6.45) is -4.47. The molecule has 1 aliphatic heterocycles.